The van der Waals surface area contributed by atoms with Gasteiger partial charge in [-0.15, -0.1) is 0 Å². The molecule has 0 fully saturated rings. The lowest BCUT2D eigenvalue weighted by molar-refractivity contribution is -0.111. The number of aliphatic hydroxyl groups excluding tert-OH is 1. The van der Waals surface area contributed by atoms with Gasteiger partial charge in [0.25, 0.3) is 0 Å². The molecule has 0 bridgehead atoms. The van der Waals surface area contributed by atoms with Gasteiger partial charge in [-0.2, -0.15) is 9.57 Å². The van der Waals surface area contributed by atoms with Crippen LogP contribution in [-0.4, -0.2) is 56.5 Å². The van der Waals surface area contributed by atoms with E-state index < -0.39 is 27.6 Å². The maximum Gasteiger partial charge on any atom is 0.243 e. The van der Waals surface area contributed by atoms with Gasteiger partial charge in [-0.3, -0.25) is 4.79 Å². The van der Waals surface area contributed by atoms with Gasteiger partial charge in [-0.25, -0.2) is 8.42 Å². The summed E-state index contributed by atoms with van der Waals surface area (Å²) in [5.74, 6) is 0. The van der Waals surface area contributed by atoms with Crippen LogP contribution in [0.5, 0.6) is 0 Å². The Bertz CT molecular complexity index is 1080. The molecule has 35 heavy (non-hydrogen) atoms. The number of hydrogen-bond donors (Lipinski definition) is 3. The minimum atomic E-state index is -3.96. The third-order valence-corrected chi connectivity index (χ3v) is 7.75. The van der Waals surface area contributed by atoms with E-state index in [1.807, 2.05) is 44.2 Å². The first-order valence-electron chi connectivity index (χ1n) is 11.7. The van der Waals surface area contributed by atoms with Gasteiger partial charge in [0.1, 0.15) is 0 Å². The van der Waals surface area contributed by atoms with Gasteiger partial charge in [0.15, 0.2) is 0 Å². The second kappa shape index (κ2) is 13.2. The van der Waals surface area contributed by atoms with E-state index in [2.05, 4.69) is 16.7 Å². The molecule has 0 heterocycles. The average molecular weight is 501 g/mol. The Morgan fingerprint density at radius 2 is 1.89 bits per heavy atom. The molecule has 2 aromatic carbocycles. The summed E-state index contributed by atoms with van der Waals surface area (Å²) < 4.78 is 28.7. The first-order chi connectivity index (χ1) is 16.6. The quantitative estimate of drug-likeness (QED) is 0.255. The molecule has 2 atom stereocenters. The number of carbonyl (C=O) groups is 1. The van der Waals surface area contributed by atoms with Crippen LogP contribution in [0.1, 0.15) is 38.7 Å². The summed E-state index contributed by atoms with van der Waals surface area (Å²) in [4.78, 5) is 11.4. The molecule has 0 spiro atoms. The van der Waals surface area contributed by atoms with Crippen molar-refractivity contribution in [3.8, 4) is 6.07 Å². The molecule has 0 radical (unpaired) electrons. The number of nitrogens with zero attached hydrogens (tertiary/aromatic N) is 2. The molecule has 8 nitrogen and oxygen atoms in total. The minimum Gasteiger partial charge on any atom is -0.390 e. The number of benzene rings is 2. The molecule has 9 heteroatoms. The predicted octanol–water partition coefficient (Wildman–Crippen LogP) is 3.16. The monoisotopic (exact) mass is 500 g/mol. The number of amides is 1. The summed E-state index contributed by atoms with van der Waals surface area (Å²) >= 11 is 0. The van der Waals surface area contributed by atoms with E-state index in [1.54, 1.807) is 25.2 Å². The highest BCUT2D eigenvalue weighted by Gasteiger charge is 2.34. The van der Waals surface area contributed by atoms with Gasteiger partial charge >= 0.3 is 0 Å². The zero-order chi connectivity index (χ0) is 25.9. The van der Waals surface area contributed by atoms with Gasteiger partial charge in [-0.05, 0) is 48.4 Å². The molecule has 2 aromatic rings. The van der Waals surface area contributed by atoms with Crippen molar-refractivity contribution in [3.05, 3.63) is 60.2 Å². The smallest absolute Gasteiger partial charge is 0.243 e. The van der Waals surface area contributed by atoms with Crippen molar-refractivity contribution in [1.82, 2.24) is 9.62 Å². The second-order valence-corrected chi connectivity index (χ2v) is 11.3. The van der Waals surface area contributed by atoms with E-state index in [9.17, 15) is 18.3 Å². The van der Waals surface area contributed by atoms with Crippen LogP contribution in [0.25, 0.3) is 0 Å². The molecule has 0 aromatic heterocycles. The molecule has 0 aliphatic rings. The van der Waals surface area contributed by atoms with Crippen LogP contribution in [0.2, 0.25) is 0 Å². The summed E-state index contributed by atoms with van der Waals surface area (Å²) in [5, 5.41) is 25.6. The largest absolute Gasteiger partial charge is 0.390 e. The Morgan fingerprint density at radius 1 is 1.17 bits per heavy atom. The molecule has 0 saturated carbocycles. The topological polar surface area (TPSA) is 123 Å². The maximum absolute atomic E-state index is 13.7. The number of unbranched alkanes of at least 4 members (excludes halogenated alkanes) is 1. The average Bonchev–Trinajstić information content (AvgIpc) is 2.84. The highest BCUT2D eigenvalue weighted by molar-refractivity contribution is 7.89. The van der Waals surface area contributed by atoms with Crippen LogP contribution in [0.4, 0.5) is 5.69 Å². The van der Waals surface area contributed by atoms with Gasteiger partial charge in [0.2, 0.25) is 16.4 Å². The number of nitriles is 1. The van der Waals surface area contributed by atoms with Crippen molar-refractivity contribution in [2.24, 2.45) is 5.41 Å². The fourth-order valence-corrected chi connectivity index (χ4v) is 5.70. The Morgan fingerprint density at radius 3 is 2.51 bits per heavy atom. The lowest BCUT2D eigenvalue weighted by Crippen LogP contribution is -2.50. The van der Waals surface area contributed by atoms with E-state index in [1.165, 1.54) is 10.4 Å². The van der Waals surface area contributed by atoms with E-state index in [4.69, 9.17) is 5.26 Å². The van der Waals surface area contributed by atoms with Crippen molar-refractivity contribution >= 4 is 22.1 Å². The van der Waals surface area contributed by atoms with E-state index >= 15 is 0 Å². The third kappa shape index (κ3) is 8.66. The fraction of sp³-hybridized carbons (Fsp3) is 0.462. The van der Waals surface area contributed by atoms with Gasteiger partial charge < -0.3 is 15.7 Å². The zero-order valence-electron chi connectivity index (χ0n) is 20.6. The predicted molar refractivity (Wildman–Crippen MR) is 137 cm³/mol. The first-order valence-corrected chi connectivity index (χ1v) is 13.1. The second-order valence-electron chi connectivity index (χ2n) is 9.40. The van der Waals surface area contributed by atoms with Crippen LogP contribution >= 0.6 is 0 Å². The number of nitrogens with one attached hydrogen (secondary N) is 2. The van der Waals surface area contributed by atoms with Crippen LogP contribution in [0, 0.1) is 16.7 Å². The van der Waals surface area contributed by atoms with Crippen molar-refractivity contribution in [3.63, 3.8) is 0 Å². The van der Waals surface area contributed by atoms with Gasteiger partial charge in [-0.1, -0.05) is 50.2 Å². The Kier molecular flexibility index (Phi) is 10.7. The molecule has 0 aliphatic heterocycles. The van der Waals surface area contributed by atoms with Crippen molar-refractivity contribution in [1.29, 1.82) is 5.26 Å². The first kappa shape index (κ1) is 28.3. The number of anilines is 1. The molecule has 3 N–H and O–H groups in total. The maximum atomic E-state index is 13.7. The molecule has 0 aliphatic carbocycles. The number of aliphatic hydroxyl groups is 1. The van der Waals surface area contributed by atoms with E-state index in [0.29, 0.717) is 37.8 Å². The number of hydrogen-bond acceptors (Lipinski definition) is 6. The molecule has 190 valence electrons. The number of sulfonamides is 1. The molecular formula is C26H36N4O4S. The highest BCUT2D eigenvalue weighted by Crippen LogP contribution is 2.29. The number of carbonyl (C=O) groups excluding carboxylic acids is 1. The van der Waals surface area contributed by atoms with E-state index in [-0.39, 0.29) is 18.0 Å². The van der Waals surface area contributed by atoms with Crippen LogP contribution in [-0.2, 0) is 21.2 Å². The van der Waals surface area contributed by atoms with Crippen molar-refractivity contribution in [2.45, 2.75) is 56.6 Å². The molecule has 0 saturated heterocycles. The summed E-state index contributed by atoms with van der Waals surface area (Å²) in [7, 11) is -2.25. The molecule has 2 rings (SSSR count). The minimum absolute atomic E-state index is 0.118. The summed E-state index contributed by atoms with van der Waals surface area (Å²) in [6.07, 6.45) is 1.44. The molecular weight excluding hydrogens is 464 g/mol. The number of rotatable bonds is 15. The van der Waals surface area contributed by atoms with Gasteiger partial charge in [0, 0.05) is 32.2 Å². The standard InChI is InChI=1S/C26H36N4O4S/c1-26(2,14-7-8-15-27)19-30(35(33,34)23-13-9-12-22(17-23)28-3)18-25(32)24(29-20-31)16-21-10-5-4-6-11-21/h4-6,9-13,17,20,24-25,28,32H,7-8,14,16,18-19H2,1-3H3,(H,29,31)/t24-,25?/m0/s1. The SMILES string of the molecule is CNc1cccc(S(=O)(=O)N(CC(O)[C@H](Cc2ccccc2)NC=O)CC(C)(C)CCCC#N)c1. The summed E-state index contributed by atoms with van der Waals surface area (Å²) in [6.45, 7) is 3.87. The van der Waals surface area contributed by atoms with E-state index in [0.717, 1.165) is 5.56 Å². The Labute approximate surface area is 209 Å². The molecule has 1 unspecified atom stereocenters. The zero-order valence-corrected chi connectivity index (χ0v) is 21.5. The molecule has 1 amide bonds. The van der Waals surface area contributed by atoms with Crippen molar-refractivity contribution in [2.75, 3.05) is 25.5 Å². The van der Waals surface area contributed by atoms with Gasteiger partial charge in [0.05, 0.1) is 23.1 Å². The van der Waals surface area contributed by atoms with Crippen LogP contribution in [0.3, 0.4) is 0 Å². The van der Waals surface area contributed by atoms with Crippen LogP contribution < -0.4 is 10.6 Å². The summed E-state index contributed by atoms with van der Waals surface area (Å²) in [6, 6.07) is 17.4. The lowest BCUT2D eigenvalue weighted by Gasteiger charge is -2.35. The normalized spacial score (nSPS) is 13.6. The van der Waals surface area contributed by atoms with Crippen LogP contribution in [0.15, 0.2) is 59.5 Å². The fourth-order valence-electron chi connectivity index (χ4n) is 4.01. The lowest BCUT2D eigenvalue weighted by atomic mass is 9.87. The third-order valence-electron chi connectivity index (χ3n) is 5.94. The Hall–Kier alpha value is -2.93. The van der Waals surface area contributed by atoms with Crippen molar-refractivity contribution < 1.29 is 18.3 Å². The summed E-state index contributed by atoms with van der Waals surface area (Å²) in [5.41, 5.74) is 1.14. The highest BCUT2D eigenvalue weighted by atomic mass is 32.2. The Balaban J connectivity index is 2.35.